The van der Waals surface area contributed by atoms with Crippen LogP contribution < -0.4 is 4.74 Å². The fraction of sp³-hybridized carbons (Fsp3) is 0.500. The van der Waals surface area contributed by atoms with Gasteiger partial charge in [-0.2, -0.15) is 5.26 Å². The van der Waals surface area contributed by atoms with Gasteiger partial charge in [-0.1, -0.05) is 11.6 Å². The minimum Gasteiger partial charge on any atom is -0.494 e. The average Bonchev–Trinajstić information content (AvgIpc) is 2.40. The fourth-order valence-corrected chi connectivity index (χ4v) is 3.18. The lowest BCUT2D eigenvalue weighted by molar-refractivity contribution is 0.309. The maximum absolute atomic E-state index is 11.6. The van der Waals surface area contributed by atoms with Gasteiger partial charge in [-0.15, -0.1) is 0 Å². The van der Waals surface area contributed by atoms with Crippen molar-refractivity contribution in [3.8, 4) is 11.8 Å². The molecule has 20 heavy (non-hydrogen) atoms. The maximum atomic E-state index is 11.6. The van der Waals surface area contributed by atoms with Crippen LogP contribution in [0.2, 0.25) is 5.02 Å². The van der Waals surface area contributed by atoms with E-state index < -0.39 is 9.84 Å². The van der Waals surface area contributed by atoms with E-state index in [4.69, 9.17) is 21.6 Å². The van der Waals surface area contributed by atoms with Crippen LogP contribution in [-0.4, -0.2) is 26.5 Å². The molecule has 110 valence electrons. The van der Waals surface area contributed by atoms with Crippen molar-refractivity contribution in [1.29, 1.82) is 5.26 Å². The molecule has 0 saturated carbocycles. The van der Waals surface area contributed by atoms with Gasteiger partial charge >= 0.3 is 0 Å². The molecule has 1 aromatic carbocycles. The Bertz CT molecular complexity index is 535. The minimum atomic E-state index is -3.03. The maximum Gasteiger partial charge on any atom is 0.150 e. The number of sulfone groups is 1. The zero-order chi connectivity index (χ0) is 14.8. The molecule has 0 aliphatic heterocycles. The molecule has 0 aliphatic rings. The van der Waals surface area contributed by atoms with Gasteiger partial charge in [-0.05, 0) is 43.5 Å². The van der Waals surface area contributed by atoms with E-state index in [1.54, 1.807) is 24.3 Å². The molecule has 0 atom stereocenters. The summed E-state index contributed by atoms with van der Waals surface area (Å²) in [5.41, 5.74) is 0. The molecule has 6 heteroatoms. The SMILES string of the molecule is N#CCCCS(=O)(=O)CCCCOc1ccc(Cl)cc1. The summed E-state index contributed by atoms with van der Waals surface area (Å²) < 4.78 is 28.7. The van der Waals surface area contributed by atoms with Crippen LogP contribution >= 0.6 is 11.6 Å². The zero-order valence-electron chi connectivity index (χ0n) is 11.2. The van der Waals surface area contributed by atoms with Crippen LogP contribution in [0.5, 0.6) is 5.75 Å². The Kier molecular flexibility index (Phi) is 7.42. The number of halogens is 1. The quantitative estimate of drug-likeness (QED) is 0.656. The molecule has 0 amide bonds. The molecule has 0 unspecified atom stereocenters. The van der Waals surface area contributed by atoms with Crippen molar-refractivity contribution in [2.45, 2.75) is 25.7 Å². The molecule has 0 bridgehead atoms. The predicted octanol–water partition coefficient (Wildman–Crippen LogP) is 3.22. The third-order valence-corrected chi connectivity index (χ3v) is 4.75. The van der Waals surface area contributed by atoms with Crippen LogP contribution in [0.4, 0.5) is 0 Å². The van der Waals surface area contributed by atoms with Crippen LogP contribution in [0.25, 0.3) is 0 Å². The highest BCUT2D eigenvalue weighted by molar-refractivity contribution is 7.91. The van der Waals surface area contributed by atoms with E-state index in [2.05, 4.69) is 0 Å². The Hall–Kier alpha value is -1.25. The lowest BCUT2D eigenvalue weighted by atomic mass is 10.3. The highest BCUT2D eigenvalue weighted by atomic mass is 35.5. The molecule has 4 nitrogen and oxygen atoms in total. The first-order valence-electron chi connectivity index (χ1n) is 6.49. The van der Waals surface area contributed by atoms with Crippen LogP contribution in [0.3, 0.4) is 0 Å². The van der Waals surface area contributed by atoms with Gasteiger partial charge in [0.2, 0.25) is 0 Å². The van der Waals surface area contributed by atoms with E-state index >= 15 is 0 Å². The lowest BCUT2D eigenvalue weighted by Crippen LogP contribution is -2.12. The molecule has 1 rings (SSSR count). The molecule has 0 radical (unpaired) electrons. The van der Waals surface area contributed by atoms with Gasteiger partial charge in [0.05, 0.1) is 24.2 Å². The van der Waals surface area contributed by atoms with Gasteiger partial charge in [-0.25, -0.2) is 8.42 Å². The van der Waals surface area contributed by atoms with Crippen LogP contribution in [0.15, 0.2) is 24.3 Å². The molecule has 0 aromatic heterocycles. The highest BCUT2D eigenvalue weighted by Gasteiger charge is 2.09. The van der Waals surface area contributed by atoms with E-state index in [1.165, 1.54) is 0 Å². The summed E-state index contributed by atoms with van der Waals surface area (Å²) in [6.07, 6.45) is 1.96. The zero-order valence-corrected chi connectivity index (χ0v) is 12.8. The van der Waals surface area contributed by atoms with E-state index in [9.17, 15) is 8.42 Å². The van der Waals surface area contributed by atoms with Crippen LogP contribution in [0.1, 0.15) is 25.7 Å². The molecule has 0 saturated heterocycles. The Balaban J connectivity index is 2.15. The summed E-state index contributed by atoms with van der Waals surface area (Å²) in [6, 6.07) is 9.00. The molecule has 0 fully saturated rings. The van der Waals surface area contributed by atoms with Gasteiger partial charge in [0.1, 0.15) is 15.6 Å². The molecular weight excluding hydrogens is 298 g/mol. The van der Waals surface area contributed by atoms with Crippen molar-refractivity contribution in [3.05, 3.63) is 29.3 Å². The molecule has 0 aliphatic carbocycles. The highest BCUT2D eigenvalue weighted by Crippen LogP contribution is 2.15. The summed E-state index contributed by atoms with van der Waals surface area (Å²) in [7, 11) is -3.03. The second-order valence-corrected chi connectivity index (χ2v) is 7.16. The second kappa shape index (κ2) is 8.83. The Morgan fingerprint density at radius 3 is 2.40 bits per heavy atom. The van der Waals surface area contributed by atoms with Crippen molar-refractivity contribution in [1.82, 2.24) is 0 Å². The molecule has 0 spiro atoms. The number of nitriles is 1. The van der Waals surface area contributed by atoms with Crippen molar-refractivity contribution >= 4 is 21.4 Å². The summed E-state index contributed by atoms with van der Waals surface area (Å²) in [6.45, 7) is 0.481. The van der Waals surface area contributed by atoms with Gasteiger partial charge in [0.15, 0.2) is 0 Å². The van der Waals surface area contributed by atoms with Gasteiger partial charge in [0.25, 0.3) is 0 Å². The Morgan fingerprint density at radius 2 is 1.75 bits per heavy atom. The third kappa shape index (κ3) is 7.37. The van der Waals surface area contributed by atoms with E-state index in [1.807, 2.05) is 6.07 Å². The summed E-state index contributed by atoms with van der Waals surface area (Å²) in [5, 5.41) is 9.02. The minimum absolute atomic E-state index is 0.0958. The summed E-state index contributed by atoms with van der Waals surface area (Å²) in [4.78, 5) is 0. The molecule has 0 heterocycles. The van der Waals surface area contributed by atoms with Gasteiger partial charge in [-0.3, -0.25) is 0 Å². The molecule has 1 aromatic rings. The third-order valence-electron chi connectivity index (χ3n) is 2.68. The topological polar surface area (TPSA) is 67.2 Å². The monoisotopic (exact) mass is 315 g/mol. The first-order valence-corrected chi connectivity index (χ1v) is 8.69. The normalized spacial score (nSPS) is 11.0. The number of rotatable bonds is 9. The van der Waals surface area contributed by atoms with E-state index in [0.29, 0.717) is 37.3 Å². The molecule has 0 N–H and O–H groups in total. The number of hydrogen-bond donors (Lipinski definition) is 0. The first-order chi connectivity index (χ1) is 9.53. The van der Waals surface area contributed by atoms with Gasteiger partial charge in [0, 0.05) is 11.4 Å². The lowest BCUT2D eigenvalue weighted by Gasteiger charge is -2.06. The summed E-state index contributed by atoms with van der Waals surface area (Å²) >= 11 is 5.76. The predicted molar refractivity (Wildman–Crippen MR) is 79.7 cm³/mol. The Morgan fingerprint density at radius 1 is 1.10 bits per heavy atom. The average molecular weight is 316 g/mol. The number of unbranched alkanes of at least 4 members (excludes halogenated alkanes) is 2. The van der Waals surface area contributed by atoms with E-state index in [-0.39, 0.29) is 11.5 Å². The van der Waals surface area contributed by atoms with Crippen molar-refractivity contribution in [3.63, 3.8) is 0 Å². The standard InChI is InChI=1S/C14H18ClNO3S/c15-13-5-7-14(8-6-13)19-10-2-4-12-20(17,18)11-3-1-9-16/h5-8H,1-4,10-12H2. The Labute approximate surface area is 125 Å². The van der Waals surface area contributed by atoms with Crippen molar-refractivity contribution in [2.75, 3.05) is 18.1 Å². The summed E-state index contributed by atoms with van der Waals surface area (Å²) in [5.74, 6) is 0.979. The molecular formula is C14H18ClNO3S. The van der Waals surface area contributed by atoms with Crippen LogP contribution in [0, 0.1) is 11.3 Å². The van der Waals surface area contributed by atoms with E-state index in [0.717, 1.165) is 5.75 Å². The van der Waals surface area contributed by atoms with Crippen molar-refractivity contribution in [2.24, 2.45) is 0 Å². The number of ether oxygens (including phenoxy) is 1. The van der Waals surface area contributed by atoms with Crippen LogP contribution in [-0.2, 0) is 9.84 Å². The second-order valence-electron chi connectivity index (χ2n) is 4.42. The first kappa shape index (κ1) is 16.8. The smallest absolute Gasteiger partial charge is 0.150 e. The van der Waals surface area contributed by atoms with Crippen molar-refractivity contribution < 1.29 is 13.2 Å². The number of benzene rings is 1. The fourth-order valence-electron chi connectivity index (χ4n) is 1.62. The van der Waals surface area contributed by atoms with Gasteiger partial charge < -0.3 is 4.74 Å². The largest absolute Gasteiger partial charge is 0.494 e. The number of hydrogen-bond acceptors (Lipinski definition) is 4. The number of nitrogens with zero attached hydrogens (tertiary/aromatic N) is 1.